The van der Waals surface area contributed by atoms with Crippen LogP contribution < -0.4 is 10.6 Å². The maximum absolute atomic E-state index is 12.3. The van der Waals surface area contributed by atoms with Crippen LogP contribution in [-0.4, -0.2) is 72.6 Å². The molecule has 136 valence electrons. The Morgan fingerprint density at radius 1 is 1.50 bits per heavy atom. The number of aromatic nitrogens is 2. The summed E-state index contributed by atoms with van der Waals surface area (Å²) in [5.41, 5.74) is 0.504. The number of carbonyl (C=O) groups excluding carboxylic acids is 1. The fourth-order valence-corrected chi connectivity index (χ4v) is 3.20. The van der Waals surface area contributed by atoms with Crippen LogP contribution in [0, 0.1) is 0 Å². The minimum atomic E-state index is -0.0902. The minimum Gasteiger partial charge on any atom is -0.379 e. The topological polar surface area (TPSA) is 71.4 Å². The second kappa shape index (κ2) is 9.36. The molecule has 7 nitrogen and oxygen atoms in total. The number of hydrogen-bond donors (Lipinski definition) is 2. The van der Waals surface area contributed by atoms with Gasteiger partial charge in [-0.1, -0.05) is 0 Å². The van der Waals surface area contributed by atoms with Crippen LogP contribution in [0.5, 0.6) is 0 Å². The molecule has 3 heterocycles. The predicted octanol–water partition coefficient (Wildman–Crippen LogP) is 0.680. The van der Waals surface area contributed by atoms with E-state index in [2.05, 4.69) is 27.6 Å². The highest BCUT2D eigenvalue weighted by molar-refractivity contribution is 5.92. The lowest BCUT2D eigenvalue weighted by Crippen LogP contribution is -2.47. The summed E-state index contributed by atoms with van der Waals surface area (Å²) in [6.07, 6.45) is 4.19. The molecule has 0 bridgehead atoms. The molecule has 1 aromatic heterocycles. The molecule has 1 amide bonds. The van der Waals surface area contributed by atoms with E-state index in [9.17, 15) is 4.79 Å². The highest BCUT2D eigenvalue weighted by Crippen LogP contribution is 2.15. The van der Waals surface area contributed by atoms with Gasteiger partial charge in [-0.05, 0) is 32.4 Å². The number of ether oxygens (including phenoxy) is 1. The maximum atomic E-state index is 12.3. The Morgan fingerprint density at radius 2 is 2.29 bits per heavy atom. The molecule has 2 atom stereocenters. The molecule has 2 fully saturated rings. The van der Waals surface area contributed by atoms with Crippen molar-refractivity contribution in [3.05, 3.63) is 18.0 Å². The van der Waals surface area contributed by atoms with Crippen molar-refractivity contribution in [2.45, 2.75) is 31.8 Å². The number of halogens is 1. The van der Waals surface area contributed by atoms with E-state index < -0.39 is 0 Å². The predicted molar refractivity (Wildman–Crippen MR) is 94.8 cm³/mol. The van der Waals surface area contributed by atoms with Crippen molar-refractivity contribution >= 4 is 18.3 Å². The van der Waals surface area contributed by atoms with Gasteiger partial charge in [-0.15, -0.1) is 12.4 Å². The van der Waals surface area contributed by atoms with Crippen molar-refractivity contribution in [1.82, 2.24) is 25.3 Å². The van der Waals surface area contributed by atoms with Crippen LogP contribution in [0.2, 0.25) is 0 Å². The lowest BCUT2D eigenvalue weighted by molar-refractivity contribution is 0.0204. The smallest absolute Gasteiger partial charge is 0.271 e. The first-order valence-corrected chi connectivity index (χ1v) is 8.60. The van der Waals surface area contributed by atoms with E-state index in [1.54, 1.807) is 0 Å². The van der Waals surface area contributed by atoms with Gasteiger partial charge in [0.25, 0.3) is 5.91 Å². The monoisotopic (exact) mass is 357 g/mol. The maximum Gasteiger partial charge on any atom is 0.271 e. The zero-order valence-corrected chi connectivity index (χ0v) is 15.1. The summed E-state index contributed by atoms with van der Waals surface area (Å²) < 4.78 is 7.28. The number of nitrogens with one attached hydrogen (secondary N) is 2. The average Bonchev–Trinajstić information content (AvgIpc) is 3.11. The van der Waals surface area contributed by atoms with Crippen molar-refractivity contribution in [2.24, 2.45) is 0 Å². The summed E-state index contributed by atoms with van der Waals surface area (Å²) in [4.78, 5) is 14.6. The third kappa shape index (κ3) is 4.92. The van der Waals surface area contributed by atoms with E-state index in [0.29, 0.717) is 24.3 Å². The molecule has 1 aromatic rings. The van der Waals surface area contributed by atoms with Crippen molar-refractivity contribution in [3.8, 4) is 0 Å². The first kappa shape index (κ1) is 19.2. The van der Waals surface area contributed by atoms with Gasteiger partial charge in [-0.2, -0.15) is 5.10 Å². The zero-order valence-electron chi connectivity index (χ0n) is 14.2. The molecule has 2 saturated heterocycles. The van der Waals surface area contributed by atoms with Crippen molar-refractivity contribution in [3.63, 3.8) is 0 Å². The van der Waals surface area contributed by atoms with Crippen LogP contribution in [0.4, 0.5) is 0 Å². The summed E-state index contributed by atoms with van der Waals surface area (Å²) in [6, 6.07) is 2.48. The van der Waals surface area contributed by atoms with E-state index in [-0.39, 0.29) is 18.3 Å². The summed E-state index contributed by atoms with van der Waals surface area (Å²) in [6.45, 7) is 8.19. The van der Waals surface area contributed by atoms with E-state index in [0.717, 1.165) is 52.2 Å². The molecular formula is C16H28ClN5O2. The molecule has 2 aliphatic rings. The largest absolute Gasteiger partial charge is 0.379 e. The zero-order chi connectivity index (χ0) is 16.1. The molecule has 24 heavy (non-hydrogen) atoms. The van der Waals surface area contributed by atoms with Gasteiger partial charge in [-0.3, -0.25) is 14.4 Å². The van der Waals surface area contributed by atoms with Crippen LogP contribution in [0.3, 0.4) is 0 Å². The third-order valence-electron chi connectivity index (χ3n) is 4.71. The molecule has 2 unspecified atom stereocenters. The molecule has 2 aliphatic heterocycles. The van der Waals surface area contributed by atoms with Gasteiger partial charge in [0.15, 0.2) is 0 Å². The quantitative estimate of drug-likeness (QED) is 0.811. The Morgan fingerprint density at radius 3 is 3.00 bits per heavy atom. The van der Waals surface area contributed by atoms with Crippen LogP contribution in [-0.2, 0) is 4.74 Å². The van der Waals surface area contributed by atoms with Crippen LogP contribution in [0.25, 0.3) is 0 Å². The molecule has 8 heteroatoms. The van der Waals surface area contributed by atoms with Crippen molar-refractivity contribution in [1.29, 1.82) is 0 Å². The minimum absolute atomic E-state index is 0. The van der Waals surface area contributed by atoms with Crippen LogP contribution in [0.1, 0.15) is 36.3 Å². The molecule has 0 aliphatic carbocycles. The molecule has 0 radical (unpaired) electrons. The molecule has 0 saturated carbocycles. The Labute approximate surface area is 149 Å². The summed E-state index contributed by atoms with van der Waals surface area (Å²) in [5, 5.41) is 10.8. The van der Waals surface area contributed by atoms with Crippen molar-refractivity contribution < 1.29 is 9.53 Å². The molecule has 0 spiro atoms. The normalized spacial score (nSPS) is 23.3. The van der Waals surface area contributed by atoms with E-state index in [1.807, 2.05) is 16.9 Å². The lowest BCUT2D eigenvalue weighted by atomic mass is 10.1. The van der Waals surface area contributed by atoms with E-state index in [1.165, 1.54) is 0 Å². The number of nitrogens with zero attached hydrogens (tertiary/aromatic N) is 3. The SMILES string of the molecule is CC(CNC(=O)c1ccn(C2CCCNC2)n1)N1CCOCC1.Cl. The fraction of sp³-hybridized carbons (Fsp3) is 0.750. The standard InChI is InChI=1S/C16H27N5O2.ClH/c1-13(20-7-9-23-10-8-20)11-18-16(22)15-4-6-21(19-15)14-3-2-5-17-12-14;/h4,6,13-14,17H,2-3,5,7-12H2,1H3,(H,18,22);1H. The van der Waals surface area contributed by atoms with Gasteiger partial charge in [0.05, 0.1) is 19.3 Å². The summed E-state index contributed by atoms with van der Waals surface area (Å²) in [5.74, 6) is -0.0902. The van der Waals surface area contributed by atoms with Crippen molar-refractivity contribution in [2.75, 3.05) is 45.9 Å². The molecular weight excluding hydrogens is 330 g/mol. The van der Waals surface area contributed by atoms with Crippen LogP contribution >= 0.6 is 12.4 Å². The summed E-state index contributed by atoms with van der Waals surface area (Å²) >= 11 is 0. The molecule has 3 rings (SSSR count). The Hall–Kier alpha value is -1.15. The van der Waals surface area contributed by atoms with Gasteiger partial charge >= 0.3 is 0 Å². The van der Waals surface area contributed by atoms with Gasteiger partial charge in [0.1, 0.15) is 5.69 Å². The second-order valence-corrected chi connectivity index (χ2v) is 6.39. The molecule has 2 N–H and O–H groups in total. The number of piperidine rings is 1. The fourth-order valence-electron chi connectivity index (χ4n) is 3.20. The van der Waals surface area contributed by atoms with Gasteiger partial charge in [0, 0.05) is 38.4 Å². The number of carbonyl (C=O) groups is 1. The second-order valence-electron chi connectivity index (χ2n) is 6.39. The number of hydrogen-bond acceptors (Lipinski definition) is 5. The van der Waals surface area contributed by atoms with E-state index in [4.69, 9.17) is 4.74 Å². The first-order valence-electron chi connectivity index (χ1n) is 8.60. The van der Waals surface area contributed by atoms with Gasteiger partial charge in [0.2, 0.25) is 0 Å². The summed E-state index contributed by atoms with van der Waals surface area (Å²) in [7, 11) is 0. The lowest BCUT2D eigenvalue weighted by Gasteiger charge is -2.32. The third-order valence-corrected chi connectivity index (χ3v) is 4.71. The van der Waals surface area contributed by atoms with E-state index >= 15 is 0 Å². The highest BCUT2D eigenvalue weighted by atomic mass is 35.5. The number of morpholine rings is 1. The number of amides is 1. The van der Waals surface area contributed by atoms with Crippen LogP contribution in [0.15, 0.2) is 12.3 Å². The Bertz CT molecular complexity index is 512. The first-order chi connectivity index (χ1) is 11.2. The Balaban J connectivity index is 0.00000208. The number of rotatable bonds is 5. The average molecular weight is 358 g/mol. The molecule has 0 aromatic carbocycles. The van der Waals surface area contributed by atoms with Gasteiger partial charge in [-0.25, -0.2) is 0 Å². The Kier molecular flexibility index (Phi) is 7.48. The highest BCUT2D eigenvalue weighted by Gasteiger charge is 2.20. The van der Waals surface area contributed by atoms with Gasteiger partial charge < -0.3 is 15.4 Å².